The number of benzene rings is 1. The molecule has 134 valence electrons. The normalized spacial score (nSPS) is 10.7. The van der Waals surface area contributed by atoms with Crippen molar-refractivity contribution in [1.82, 2.24) is 25.0 Å². The van der Waals surface area contributed by atoms with Gasteiger partial charge in [0.05, 0.1) is 17.9 Å². The molecular formula is C21H20N6. The Balaban J connectivity index is 1.57. The quantitative estimate of drug-likeness (QED) is 0.548. The fourth-order valence-corrected chi connectivity index (χ4v) is 2.84. The van der Waals surface area contributed by atoms with Gasteiger partial charge in [-0.1, -0.05) is 24.3 Å². The molecule has 3 heterocycles. The highest BCUT2D eigenvalue weighted by atomic mass is 15.3. The van der Waals surface area contributed by atoms with Crippen LogP contribution in [0, 0.1) is 0 Å². The van der Waals surface area contributed by atoms with E-state index < -0.39 is 0 Å². The van der Waals surface area contributed by atoms with Gasteiger partial charge in [0.2, 0.25) is 0 Å². The molecule has 0 N–H and O–H groups in total. The largest absolute Gasteiger partial charge is 0.361 e. The van der Waals surface area contributed by atoms with Crippen molar-refractivity contribution >= 4 is 5.82 Å². The zero-order valence-electron chi connectivity index (χ0n) is 15.3. The molecule has 0 aliphatic carbocycles. The molecule has 0 atom stereocenters. The number of hydrogen-bond donors (Lipinski definition) is 0. The van der Waals surface area contributed by atoms with Gasteiger partial charge in [0, 0.05) is 43.8 Å². The van der Waals surface area contributed by atoms with Crippen LogP contribution < -0.4 is 4.90 Å². The number of rotatable bonds is 5. The first-order valence-corrected chi connectivity index (χ1v) is 8.73. The van der Waals surface area contributed by atoms with Crippen LogP contribution in [0.3, 0.4) is 0 Å². The molecule has 3 aromatic heterocycles. The van der Waals surface area contributed by atoms with Crippen molar-refractivity contribution in [3.05, 3.63) is 78.8 Å². The van der Waals surface area contributed by atoms with E-state index in [4.69, 9.17) is 5.10 Å². The lowest BCUT2D eigenvalue weighted by Gasteiger charge is -2.10. The van der Waals surface area contributed by atoms with E-state index in [1.807, 2.05) is 78.5 Å². The minimum Gasteiger partial charge on any atom is -0.361 e. The molecule has 0 aliphatic rings. The molecule has 0 bridgehead atoms. The molecule has 6 nitrogen and oxygen atoms in total. The fourth-order valence-electron chi connectivity index (χ4n) is 2.84. The number of nitrogens with zero attached hydrogens (tertiary/aromatic N) is 6. The molecule has 6 heteroatoms. The van der Waals surface area contributed by atoms with Crippen molar-refractivity contribution in [2.75, 3.05) is 19.0 Å². The second kappa shape index (κ2) is 7.37. The smallest absolute Gasteiger partial charge is 0.150 e. The summed E-state index contributed by atoms with van der Waals surface area (Å²) >= 11 is 0. The molecule has 0 spiro atoms. The Bertz CT molecular complexity index is 1020. The Kier molecular flexibility index (Phi) is 4.61. The third-order valence-electron chi connectivity index (χ3n) is 4.27. The maximum Gasteiger partial charge on any atom is 0.150 e. The third kappa shape index (κ3) is 3.84. The standard InChI is InChI=1S/C21H20N6/c1-26(2)21-9-8-19(23-24-21)17-6-3-7-18(13-17)20-10-12-27(25-20)15-16-5-4-11-22-14-16/h3-14H,15H2,1-2H3. The molecule has 0 fully saturated rings. The van der Waals surface area contributed by atoms with E-state index >= 15 is 0 Å². The Hall–Kier alpha value is -3.54. The summed E-state index contributed by atoms with van der Waals surface area (Å²) in [5.41, 5.74) is 4.97. The summed E-state index contributed by atoms with van der Waals surface area (Å²) in [5.74, 6) is 0.837. The van der Waals surface area contributed by atoms with Crippen molar-refractivity contribution in [2.45, 2.75) is 6.54 Å². The predicted molar refractivity (Wildman–Crippen MR) is 106 cm³/mol. The van der Waals surface area contributed by atoms with Gasteiger partial charge in [-0.25, -0.2) is 0 Å². The predicted octanol–water partition coefficient (Wildman–Crippen LogP) is 3.52. The molecule has 1 aromatic carbocycles. The number of pyridine rings is 1. The summed E-state index contributed by atoms with van der Waals surface area (Å²) in [6.45, 7) is 0.699. The Morgan fingerprint density at radius 1 is 0.889 bits per heavy atom. The van der Waals surface area contributed by atoms with E-state index in [-0.39, 0.29) is 0 Å². The van der Waals surface area contributed by atoms with Crippen LogP contribution in [0.1, 0.15) is 5.56 Å². The van der Waals surface area contributed by atoms with Gasteiger partial charge in [-0.2, -0.15) is 5.10 Å². The number of hydrogen-bond acceptors (Lipinski definition) is 5. The highest BCUT2D eigenvalue weighted by Gasteiger charge is 2.07. The van der Waals surface area contributed by atoms with E-state index in [9.17, 15) is 0 Å². The van der Waals surface area contributed by atoms with Crippen molar-refractivity contribution in [1.29, 1.82) is 0 Å². The molecule has 0 saturated carbocycles. The molecule has 0 radical (unpaired) electrons. The minimum absolute atomic E-state index is 0.699. The van der Waals surface area contributed by atoms with Crippen molar-refractivity contribution in [3.63, 3.8) is 0 Å². The van der Waals surface area contributed by atoms with E-state index in [0.29, 0.717) is 6.54 Å². The highest BCUT2D eigenvalue weighted by molar-refractivity contribution is 5.69. The van der Waals surface area contributed by atoms with Crippen molar-refractivity contribution in [3.8, 4) is 22.5 Å². The summed E-state index contributed by atoms with van der Waals surface area (Å²) in [7, 11) is 3.90. The summed E-state index contributed by atoms with van der Waals surface area (Å²) in [6.07, 6.45) is 5.62. The summed E-state index contributed by atoms with van der Waals surface area (Å²) < 4.78 is 1.92. The van der Waals surface area contributed by atoms with Crippen LogP contribution in [0.25, 0.3) is 22.5 Å². The van der Waals surface area contributed by atoms with Crippen LogP contribution in [0.4, 0.5) is 5.82 Å². The lowest BCUT2D eigenvalue weighted by Crippen LogP contribution is -2.11. The maximum absolute atomic E-state index is 4.69. The van der Waals surface area contributed by atoms with Crippen LogP contribution in [0.2, 0.25) is 0 Å². The van der Waals surface area contributed by atoms with E-state index in [2.05, 4.69) is 27.3 Å². The second-order valence-electron chi connectivity index (χ2n) is 6.51. The SMILES string of the molecule is CN(C)c1ccc(-c2cccc(-c3ccn(Cc4cccnc4)n3)c2)nn1. The topological polar surface area (TPSA) is 59.7 Å². The monoisotopic (exact) mass is 356 g/mol. The van der Waals surface area contributed by atoms with Crippen molar-refractivity contribution in [2.24, 2.45) is 0 Å². The summed E-state index contributed by atoms with van der Waals surface area (Å²) in [4.78, 5) is 6.08. The van der Waals surface area contributed by atoms with Gasteiger partial charge in [0.25, 0.3) is 0 Å². The van der Waals surface area contributed by atoms with Gasteiger partial charge in [0.1, 0.15) is 0 Å². The minimum atomic E-state index is 0.699. The zero-order valence-corrected chi connectivity index (χ0v) is 15.3. The maximum atomic E-state index is 4.69. The van der Waals surface area contributed by atoms with Gasteiger partial charge < -0.3 is 4.90 Å². The highest BCUT2D eigenvalue weighted by Crippen LogP contribution is 2.24. The van der Waals surface area contributed by atoms with E-state index in [1.54, 1.807) is 6.20 Å². The van der Waals surface area contributed by atoms with Gasteiger partial charge >= 0.3 is 0 Å². The van der Waals surface area contributed by atoms with Crippen LogP contribution in [-0.4, -0.2) is 39.1 Å². The van der Waals surface area contributed by atoms with Gasteiger partial charge in [-0.05, 0) is 35.9 Å². The molecular weight excluding hydrogens is 336 g/mol. The van der Waals surface area contributed by atoms with E-state index in [0.717, 1.165) is 33.9 Å². The molecule has 27 heavy (non-hydrogen) atoms. The zero-order chi connectivity index (χ0) is 18.6. The van der Waals surface area contributed by atoms with Crippen LogP contribution in [0.5, 0.6) is 0 Å². The number of anilines is 1. The molecule has 0 amide bonds. The Morgan fingerprint density at radius 2 is 1.74 bits per heavy atom. The third-order valence-corrected chi connectivity index (χ3v) is 4.27. The molecule has 0 saturated heterocycles. The van der Waals surface area contributed by atoms with Crippen LogP contribution in [0.15, 0.2) is 73.2 Å². The Labute approximate surface area is 158 Å². The first-order chi connectivity index (χ1) is 13.2. The fraction of sp³-hybridized carbons (Fsp3) is 0.143. The van der Waals surface area contributed by atoms with Crippen LogP contribution in [-0.2, 0) is 6.54 Å². The van der Waals surface area contributed by atoms with E-state index in [1.165, 1.54) is 0 Å². The average molecular weight is 356 g/mol. The molecule has 0 unspecified atom stereocenters. The van der Waals surface area contributed by atoms with Gasteiger partial charge in [-0.15, -0.1) is 10.2 Å². The van der Waals surface area contributed by atoms with Gasteiger partial charge in [-0.3, -0.25) is 9.67 Å². The Morgan fingerprint density at radius 3 is 2.44 bits per heavy atom. The first kappa shape index (κ1) is 16.9. The van der Waals surface area contributed by atoms with Crippen LogP contribution >= 0.6 is 0 Å². The summed E-state index contributed by atoms with van der Waals surface area (Å²) in [5, 5.41) is 13.3. The number of aromatic nitrogens is 5. The molecule has 4 rings (SSSR count). The van der Waals surface area contributed by atoms with Crippen molar-refractivity contribution < 1.29 is 0 Å². The summed E-state index contributed by atoms with van der Waals surface area (Å²) in [6, 6.07) is 18.2. The second-order valence-corrected chi connectivity index (χ2v) is 6.51. The first-order valence-electron chi connectivity index (χ1n) is 8.73. The molecule has 0 aliphatic heterocycles. The van der Waals surface area contributed by atoms with Gasteiger partial charge in [0.15, 0.2) is 5.82 Å². The lowest BCUT2D eigenvalue weighted by atomic mass is 10.1. The lowest BCUT2D eigenvalue weighted by molar-refractivity contribution is 0.687. The average Bonchev–Trinajstić information content (AvgIpc) is 3.17. The molecule has 4 aromatic rings.